The normalized spacial score (nSPS) is 18.5. The second kappa shape index (κ2) is 12.8. The lowest BCUT2D eigenvalue weighted by molar-refractivity contribution is -0.193. The van der Waals surface area contributed by atoms with E-state index in [4.69, 9.17) is 24.2 Å². The Balaban J connectivity index is 0.000000383. The van der Waals surface area contributed by atoms with Gasteiger partial charge in [0.1, 0.15) is 11.3 Å². The van der Waals surface area contributed by atoms with Crippen LogP contribution in [-0.4, -0.2) is 100 Å². The van der Waals surface area contributed by atoms with Gasteiger partial charge in [-0.05, 0) is 32.0 Å². The van der Waals surface area contributed by atoms with Gasteiger partial charge >= 0.3 is 24.3 Å². The molecule has 3 heterocycles. The second-order valence-corrected chi connectivity index (χ2v) is 7.95. The van der Waals surface area contributed by atoms with Gasteiger partial charge in [0.25, 0.3) is 0 Å². The maximum atomic E-state index is 12.9. The summed E-state index contributed by atoms with van der Waals surface area (Å²) in [7, 11) is 2.09. The zero-order valence-corrected chi connectivity index (χ0v) is 19.3. The van der Waals surface area contributed by atoms with Crippen LogP contribution in [0, 0.1) is 0 Å². The molecule has 2 saturated heterocycles. The highest BCUT2D eigenvalue weighted by Gasteiger charge is 2.49. The van der Waals surface area contributed by atoms with Crippen molar-refractivity contribution in [1.29, 1.82) is 0 Å². The number of hydrogen-bond acceptors (Lipinski definition) is 6. The molecule has 1 spiro atoms. The predicted octanol–water partition coefficient (Wildman–Crippen LogP) is 2.84. The van der Waals surface area contributed by atoms with Gasteiger partial charge in [0.05, 0.1) is 12.8 Å². The molecule has 1 aromatic rings. The number of alkyl halides is 6. The molecular formula is C21H27F6N3O6. The Kier molecular flexibility index (Phi) is 11.0. The number of rotatable bonds is 4. The lowest BCUT2D eigenvalue weighted by Gasteiger charge is -2.51. The van der Waals surface area contributed by atoms with E-state index in [2.05, 4.69) is 23.4 Å². The number of halogens is 6. The molecule has 0 saturated carbocycles. The fraction of sp³-hybridized carbons (Fsp3) is 0.571. The number of likely N-dealkylation sites (tertiary alicyclic amines) is 1. The first-order valence-electron chi connectivity index (χ1n) is 10.5. The zero-order chi connectivity index (χ0) is 27.7. The molecule has 2 aliphatic rings. The third-order valence-corrected chi connectivity index (χ3v) is 5.60. The number of furan rings is 1. The minimum absolute atomic E-state index is 0.277. The number of piperazine rings is 1. The molecule has 0 radical (unpaired) electrons. The van der Waals surface area contributed by atoms with Crippen molar-refractivity contribution in [1.82, 2.24) is 14.7 Å². The quantitative estimate of drug-likeness (QED) is 0.451. The first kappa shape index (κ1) is 31.0. The zero-order valence-electron chi connectivity index (χ0n) is 19.3. The van der Waals surface area contributed by atoms with Crippen LogP contribution in [0.5, 0.6) is 0 Å². The van der Waals surface area contributed by atoms with E-state index in [0.29, 0.717) is 6.54 Å². The summed E-state index contributed by atoms with van der Waals surface area (Å²) >= 11 is 0. The highest BCUT2D eigenvalue weighted by atomic mass is 19.4. The largest absolute Gasteiger partial charge is 0.490 e. The van der Waals surface area contributed by atoms with Crippen molar-refractivity contribution in [2.24, 2.45) is 0 Å². The van der Waals surface area contributed by atoms with Crippen molar-refractivity contribution in [3.8, 4) is 0 Å². The molecule has 36 heavy (non-hydrogen) atoms. The average Bonchev–Trinajstić information content (AvgIpc) is 3.28. The van der Waals surface area contributed by atoms with Crippen molar-refractivity contribution in [3.63, 3.8) is 0 Å². The first-order valence-corrected chi connectivity index (χ1v) is 10.5. The molecule has 2 N–H and O–H groups in total. The van der Waals surface area contributed by atoms with Gasteiger partial charge in [-0.2, -0.15) is 26.3 Å². The molecule has 0 unspecified atom stereocenters. The van der Waals surface area contributed by atoms with Crippen LogP contribution in [0.4, 0.5) is 26.3 Å². The number of hydrogen-bond donors (Lipinski definition) is 2. The van der Waals surface area contributed by atoms with Crippen molar-refractivity contribution in [3.05, 3.63) is 36.8 Å². The van der Waals surface area contributed by atoms with Crippen molar-refractivity contribution >= 4 is 17.8 Å². The number of carbonyl (C=O) groups excluding carboxylic acids is 1. The van der Waals surface area contributed by atoms with Gasteiger partial charge < -0.3 is 19.5 Å². The van der Waals surface area contributed by atoms with Gasteiger partial charge in [0.2, 0.25) is 5.91 Å². The summed E-state index contributed by atoms with van der Waals surface area (Å²) in [5, 5.41) is 14.2. The topological polar surface area (TPSA) is 115 Å². The maximum absolute atomic E-state index is 12.9. The molecule has 1 aromatic heterocycles. The number of piperidine rings is 1. The molecular weight excluding hydrogens is 504 g/mol. The SMILES string of the molecule is C=CCN1CCN(C)C2(CCN(Cc3ccco3)CC2)C1=O.O=C(O)C(F)(F)F.O=C(O)C(F)(F)F. The van der Waals surface area contributed by atoms with E-state index in [1.807, 2.05) is 23.1 Å². The fourth-order valence-electron chi connectivity index (χ4n) is 3.67. The highest BCUT2D eigenvalue weighted by molar-refractivity contribution is 5.87. The molecule has 0 bridgehead atoms. The van der Waals surface area contributed by atoms with Crippen molar-refractivity contribution in [2.45, 2.75) is 37.3 Å². The Morgan fingerprint density at radius 2 is 1.56 bits per heavy atom. The third kappa shape index (κ3) is 8.86. The summed E-state index contributed by atoms with van der Waals surface area (Å²) in [6.45, 7) is 8.86. The Hall–Kier alpha value is -3.07. The number of aliphatic carboxylic acids is 2. The van der Waals surface area contributed by atoms with E-state index in [1.54, 1.807) is 6.26 Å². The summed E-state index contributed by atoms with van der Waals surface area (Å²) in [5.41, 5.74) is -0.319. The molecule has 0 aromatic carbocycles. The average molecular weight is 531 g/mol. The lowest BCUT2D eigenvalue weighted by atomic mass is 9.82. The summed E-state index contributed by atoms with van der Waals surface area (Å²) in [6.07, 6.45) is -4.86. The Morgan fingerprint density at radius 3 is 1.94 bits per heavy atom. The first-order chi connectivity index (χ1) is 16.5. The van der Waals surface area contributed by atoms with Crippen LogP contribution in [0.1, 0.15) is 18.6 Å². The van der Waals surface area contributed by atoms with E-state index in [-0.39, 0.29) is 11.4 Å². The van der Waals surface area contributed by atoms with Crippen LogP contribution in [0.15, 0.2) is 35.5 Å². The van der Waals surface area contributed by atoms with Gasteiger partial charge in [-0.15, -0.1) is 6.58 Å². The number of amides is 1. The molecule has 0 atom stereocenters. The maximum Gasteiger partial charge on any atom is 0.490 e. The van der Waals surface area contributed by atoms with E-state index < -0.39 is 24.3 Å². The summed E-state index contributed by atoms with van der Waals surface area (Å²) in [5.74, 6) is -4.24. The molecule has 2 aliphatic heterocycles. The van der Waals surface area contributed by atoms with Gasteiger partial charge in [0.15, 0.2) is 0 Å². The fourth-order valence-corrected chi connectivity index (χ4v) is 3.67. The number of nitrogens with zero attached hydrogens (tertiary/aromatic N) is 3. The van der Waals surface area contributed by atoms with Crippen molar-refractivity contribution < 1.29 is 55.4 Å². The molecule has 9 nitrogen and oxygen atoms in total. The van der Waals surface area contributed by atoms with Crippen LogP contribution in [0.3, 0.4) is 0 Å². The van der Waals surface area contributed by atoms with Gasteiger partial charge in [-0.25, -0.2) is 9.59 Å². The molecule has 2 fully saturated rings. The van der Waals surface area contributed by atoms with E-state index in [0.717, 1.165) is 51.3 Å². The van der Waals surface area contributed by atoms with Crippen LogP contribution in [0.2, 0.25) is 0 Å². The minimum atomic E-state index is -5.08. The van der Waals surface area contributed by atoms with E-state index in [9.17, 15) is 31.1 Å². The molecule has 15 heteroatoms. The lowest BCUT2D eigenvalue weighted by Crippen LogP contribution is -2.67. The monoisotopic (exact) mass is 531 g/mol. The second-order valence-electron chi connectivity index (χ2n) is 7.95. The molecule has 1 amide bonds. The highest BCUT2D eigenvalue weighted by Crippen LogP contribution is 2.33. The Morgan fingerprint density at radius 1 is 1.06 bits per heavy atom. The number of carbonyl (C=O) groups is 3. The predicted molar refractivity (Wildman–Crippen MR) is 113 cm³/mol. The van der Waals surface area contributed by atoms with Crippen molar-refractivity contribution in [2.75, 3.05) is 39.8 Å². The Labute approximate surface area is 202 Å². The van der Waals surface area contributed by atoms with Gasteiger partial charge in [-0.1, -0.05) is 6.08 Å². The molecule has 3 rings (SSSR count). The van der Waals surface area contributed by atoms with Gasteiger partial charge in [0, 0.05) is 32.7 Å². The van der Waals surface area contributed by atoms with Crippen LogP contribution < -0.4 is 0 Å². The Bertz CT molecular complexity index is 856. The molecule has 204 valence electrons. The summed E-state index contributed by atoms with van der Waals surface area (Å²) < 4.78 is 68.9. The summed E-state index contributed by atoms with van der Waals surface area (Å²) in [6, 6.07) is 3.93. The number of carboxylic acids is 2. The third-order valence-electron chi connectivity index (χ3n) is 5.60. The van der Waals surface area contributed by atoms with E-state index in [1.165, 1.54) is 0 Å². The van der Waals surface area contributed by atoms with Crippen LogP contribution >= 0.6 is 0 Å². The van der Waals surface area contributed by atoms with E-state index >= 15 is 0 Å². The van der Waals surface area contributed by atoms with Crippen LogP contribution in [0.25, 0.3) is 0 Å². The summed E-state index contributed by atoms with van der Waals surface area (Å²) in [4.78, 5) is 37.3. The van der Waals surface area contributed by atoms with Crippen LogP contribution in [-0.2, 0) is 20.9 Å². The standard InChI is InChI=1S/C17H25N3O2.2C2HF3O2/c1-3-8-20-12-11-18(2)17(16(20)21)6-9-19(10-7-17)14-15-5-4-13-22-15;2*3-2(4,5)1(6)7/h3-5,13H,1,6-12,14H2,2H3;2*(H,6,7). The minimum Gasteiger partial charge on any atom is -0.475 e. The number of carboxylic acid groups (broad SMARTS) is 2. The molecule has 0 aliphatic carbocycles. The number of likely N-dealkylation sites (N-methyl/N-ethyl adjacent to an activating group) is 1. The smallest absolute Gasteiger partial charge is 0.475 e. The van der Waals surface area contributed by atoms with Gasteiger partial charge in [-0.3, -0.25) is 14.6 Å².